The van der Waals surface area contributed by atoms with Crippen molar-refractivity contribution < 1.29 is 17.9 Å². The molecule has 1 aromatic rings. The van der Waals surface area contributed by atoms with E-state index in [0.717, 1.165) is 6.42 Å². The van der Waals surface area contributed by atoms with Crippen molar-refractivity contribution in [3.8, 4) is 11.8 Å². The van der Waals surface area contributed by atoms with Crippen molar-refractivity contribution >= 4 is 15.9 Å². The topological polar surface area (TPSA) is 99.5 Å². The molecule has 1 saturated heterocycles. The van der Waals surface area contributed by atoms with Crippen LogP contribution in [0.5, 0.6) is 5.75 Å². The number of nitriles is 1. The lowest BCUT2D eigenvalue weighted by Gasteiger charge is -2.38. The Morgan fingerprint density at radius 2 is 2.00 bits per heavy atom. The first-order valence-electron chi connectivity index (χ1n) is 8.78. The largest absolute Gasteiger partial charge is 0.497 e. The van der Waals surface area contributed by atoms with Crippen LogP contribution in [-0.4, -0.2) is 44.4 Å². The first kappa shape index (κ1) is 18.7. The fourth-order valence-corrected chi connectivity index (χ4v) is 4.93. The number of nitrogens with one attached hydrogen (secondary N) is 1. The molecule has 140 valence electrons. The number of carbonyl (C=O) groups is 1. The van der Waals surface area contributed by atoms with Gasteiger partial charge in [-0.1, -0.05) is 0 Å². The molecule has 1 atom stereocenters. The highest BCUT2D eigenvalue weighted by Gasteiger charge is 2.41. The van der Waals surface area contributed by atoms with Gasteiger partial charge in [0.1, 0.15) is 11.3 Å². The molecule has 1 aliphatic carbocycles. The highest BCUT2D eigenvalue weighted by atomic mass is 32.2. The second-order valence-corrected chi connectivity index (χ2v) is 8.85. The second kappa shape index (κ2) is 7.25. The van der Waals surface area contributed by atoms with E-state index < -0.39 is 21.5 Å². The summed E-state index contributed by atoms with van der Waals surface area (Å²) in [7, 11) is -2.14. The Labute approximate surface area is 154 Å². The number of amides is 1. The number of benzene rings is 1. The van der Waals surface area contributed by atoms with Crippen LogP contribution >= 0.6 is 0 Å². The lowest BCUT2D eigenvalue weighted by atomic mass is 9.77. The third kappa shape index (κ3) is 3.55. The van der Waals surface area contributed by atoms with Crippen LogP contribution in [0.4, 0.5) is 0 Å². The van der Waals surface area contributed by atoms with E-state index in [1.54, 1.807) is 12.1 Å². The summed E-state index contributed by atoms with van der Waals surface area (Å²) in [6.07, 6.45) is 3.50. The van der Waals surface area contributed by atoms with E-state index in [0.29, 0.717) is 38.0 Å². The molecule has 0 aromatic heterocycles. The number of hydrogen-bond donors (Lipinski definition) is 1. The highest BCUT2D eigenvalue weighted by molar-refractivity contribution is 7.89. The molecule has 1 heterocycles. The Kier molecular flexibility index (Phi) is 5.21. The van der Waals surface area contributed by atoms with Crippen LogP contribution in [0.3, 0.4) is 0 Å². The fraction of sp³-hybridized carbons (Fsp3) is 0.556. The Hall–Kier alpha value is -2.11. The minimum Gasteiger partial charge on any atom is -0.497 e. The lowest BCUT2D eigenvalue weighted by Crippen LogP contribution is -2.56. The quantitative estimate of drug-likeness (QED) is 0.841. The van der Waals surface area contributed by atoms with Crippen molar-refractivity contribution in [2.24, 2.45) is 5.92 Å². The van der Waals surface area contributed by atoms with E-state index in [4.69, 9.17) is 4.74 Å². The molecule has 26 heavy (non-hydrogen) atoms. The van der Waals surface area contributed by atoms with Gasteiger partial charge in [-0.25, -0.2) is 8.42 Å². The van der Waals surface area contributed by atoms with Gasteiger partial charge in [0.15, 0.2) is 0 Å². The maximum Gasteiger partial charge on any atom is 0.243 e. The molecule has 2 fully saturated rings. The summed E-state index contributed by atoms with van der Waals surface area (Å²) in [4.78, 5) is 12.7. The van der Waals surface area contributed by atoms with Crippen LogP contribution in [0, 0.1) is 17.2 Å². The van der Waals surface area contributed by atoms with Crippen molar-refractivity contribution in [2.45, 2.75) is 42.5 Å². The molecule has 0 spiro atoms. The summed E-state index contributed by atoms with van der Waals surface area (Å²) >= 11 is 0. The molecule has 1 saturated carbocycles. The third-order valence-electron chi connectivity index (χ3n) is 5.24. The molecule has 3 rings (SSSR count). The van der Waals surface area contributed by atoms with Crippen molar-refractivity contribution in [2.75, 3.05) is 20.2 Å². The smallest absolute Gasteiger partial charge is 0.243 e. The molecule has 1 aromatic carbocycles. The van der Waals surface area contributed by atoms with Gasteiger partial charge in [0.25, 0.3) is 0 Å². The number of carbonyl (C=O) groups excluding carboxylic acids is 1. The molecular formula is C18H23N3O4S. The maximum atomic E-state index is 12.9. The Morgan fingerprint density at radius 1 is 1.31 bits per heavy atom. The van der Waals surface area contributed by atoms with Gasteiger partial charge >= 0.3 is 0 Å². The van der Waals surface area contributed by atoms with Gasteiger partial charge in [-0.05, 0) is 56.4 Å². The predicted octanol–water partition coefficient (Wildman–Crippen LogP) is 1.66. The number of nitrogens with zero attached hydrogens (tertiary/aromatic N) is 2. The zero-order chi connectivity index (χ0) is 18.8. The Bertz CT molecular complexity index is 810. The fourth-order valence-electron chi connectivity index (χ4n) is 3.40. The van der Waals surface area contributed by atoms with E-state index >= 15 is 0 Å². The van der Waals surface area contributed by atoms with Gasteiger partial charge in [0.2, 0.25) is 15.9 Å². The monoisotopic (exact) mass is 377 g/mol. The average molecular weight is 377 g/mol. The van der Waals surface area contributed by atoms with E-state index in [1.165, 1.54) is 23.5 Å². The zero-order valence-corrected chi connectivity index (χ0v) is 15.6. The molecule has 1 amide bonds. The van der Waals surface area contributed by atoms with E-state index in [2.05, 4.69) is 11.4 Å². The summed E-state index contributed by atoms with van der Waals surface area (Å²) < 4.78 is 32.2. The molecule has 0 radical (unpaired) electrons. The minimum absolute atomic E-state index is 0.141. The summed E-state index contributed by atoms with van der Waals surface area (Å²) in [5.74, 6) is -0.0642. The zero-order valence-electron chi connectivity index (χ0n) is 14.8. The van der Waals surface area contributed by atoms with Gasteiger partial charge in [-0.2, -0.15) is 9.57 Å². The van der Waals surface area contributed by atoms with Gasteiger partial charge in [0, 0.05) is 13.1 Å². The first-order chi connectivity index (χ1) is 12.4. The van der Waals surface area contributed by atoms with Crippen LogP contribution in [0.15, 0.2) is 29.2 Å². The number of rotatable bonds is 5. The first-order valence-corrected chi connectivity index (χ1v) is 10.2. The molecule has 7 nitrogen and oxygen atoms in total. The standard InChI is InChI=1S/C18H23N3O4S/c1-25-15-5-7-16(8-6-15)26(23,24)21-11-2-4-14(12-21)17(22)20-18(13-19)9-3-10-18/h5-8,14H,2-4,9-12H2,1H3,(H,20,22). The summed E-state index contributed by atoms with van der Waals surface area (Å²) in [6.45, 7) is 0.531. The Balaban J connectivity index is 1.70. The van der Waals surface area contributed by atoms with Crippen molar-refractivity contribution in [1.82, 2.24) is 9.62 Å². The van der Waals surface area contributed by atoms with Gasteiger partial charge in [0.05, 0.1) is 24.0 Å². The number of sulfonamides is 1. The van der Waals surface area contributed by atoms with Crippen LogP contribution in [0.2, 0.25) is 0 Å². The lowest BCUT2D eigenvalue weighted by molar-refractivity contribution is -0.128. The van der Waals surface area contributed by atoms with Crippen LogP contribution in [0.1, 0.15) is 32.1 Å². The van der Waals surface area contributed by atoms with Gasteiger partial charge < -0.3 is 10.1 Å². The molecule has 8 heteroatoms. The van der Waals surface area contributed by atoms with Crippen molar-refractivity contribution in [1.29, 1.82) is 5.26 Å². The minimum atomic E-state index is -3.66. The van der Waals surface area contributed by atoms with Crippen LogP contribution < -0.4 is 10.1 Å². The molecule has 2 aliphatic rings. The predicted molar refractivity (Wildman–Crippen MR) is 94.8 cm³/mol. The number of methoxy groups -OCH3 is 1. The highest BCUT2D eigenvalue weighted by Crippen LogP contribution is 2.32. The summed E-state index contributed by atoms with van der Waals surface area (Å²) in [6, 6.07) is 8.42. The van der Waals surface area contributed by atoms with Gasteiger partial charge in [-0.15, -0.1) is 0 Å². The van der Waals surface area contributed by atoms with Crippen molar-refractivity contribution in [3.05, 3.63) is 24.3 Å². The van der Waals surface area contributed by atoms with Gasteiger partial charge in [-0.3, -0.25) is 4.79 Å². The number of ether oxygens (including phenoxy) is 1. The molecule has 0 bridgehead atoms. The van der Waals surface area contributed by atoms with E-state index in [-0.39, 0.29) is 17.3 Å². The SMILES string of the molecule is COc1ccc(S(=O)(=O)N2CCCC(C(=O)NC3(C#N)CCC3)C2)cc1. The number of piperidine rings is 1. The van der Waals surface area contributed by atoms with Crippen LogP contribution in [-0.2, 0) is 14.8 Å². The van der Waals surface area contributed by atoms with E-state index in [1.807, 2.05) is 0 Å². The molecule has 1 N–H and O–H groups in total. The molecule has 1 unspecified atom stereocenters. The average Bonchev–Trinajstić information content (AvgIpc) is 2.64. The summed E-state index contributed by atoms with van der Waals surface area (Å²) in [5.41, 5.74) is -0.756. The second-order valence-electron chi connectivity index (χ2n) is 6.91. The third-order valence-corrected chi connectivity index (χ3v) is 7.12. The summed E-state index contributed by atoms with van der Waals surface area (Å²) in [5, 5.41) is 12.1. The molecular weight excluding hydrogens is 354 g/mol. The normalized spacial score (nSPS) is 22.7. The maximum absolute atomic E-state index is 12.9. The van der Waals surface area contributed by atoms with Crippen molar-refractivity contribution in [3.63, 3.8) is 0 Å². The van der Waals surface area contributed by atoms with Crippen LogP contribution in [0.25, 0.3) is 0 Å². The Morgan fingerprint density at radius 3 is 2.54 bits per heavy atom. The number of hydrogen-bond acceptors (Lipinski definition) is 5. The molecule has 1 aliphatic heterocycles. The van der Waals surface area contributed by atoms with E-state index in [9.17, 15) is 18.5 Å².